The number of pyridine rings is 1. The number of nitrogens with zero attached hydrogens (tertiary/aromatic N) is 3. The smallest absolute Gasteiger partial charge is 0.288 e. The molecule has 0 unspecified atom stereocenters. The van der Waals surface area contributed by atoms with E-state index >= 15 is 0 Å². The van der Waals surface area contributed by atoms with Crippen LogP contribution >= 0.6 is 0 Å². The largest absolute Gasteiger partial charge is 0.359 e. The van der Waals surface area contributed by atoms with Gasteiger partial charge < -0.3 is 5.32 Å². The lowest BCUT2D eigenvalue weighted by Gasteiger charge is -2.19. The molecule has 0 atom stereocenters. The number of imidazole rings is 1. The number of aromatic nitrogens is 2. The van der Waals surface area contributed by atoms with Gasteiger partial charge in [0.25, 0.3) is 11.6 Å². The zero-order chi connectivity index (χ0) is 18.1. The van der Waals surface area contributed by atoms with E-state index in [0.717, 1.165) is 5.69 Å². The molecular weight excluding hydrogens is 314 g/mol. The highest BCUT2D eigenvalue weighted by molar-refractivity contribution is 5.79. The standard InChI is InChI=1S/C15H21N5O4/c1-9-10(20(23)24)5-6-12-17-14(16-8-13(21)18-22)11(19(9)12)7-15(2,3)4/h5-6,16,22H,7-8H2,1-4H3,(H,18,21). The minimum Gasteiger partial charge on any atom is -0.359 e. The zero-order valence-corrected chi connectivity index (χ0v) is 14.1. The Balaban J connectivity index is 2.60. The van der Waals surface area contributed by atoms with Gasteiger partial charge in [0.15, 0.2) is 0 Å². The van der Waals surface area contributed by atoms with E-state index in [9.17, 15) is 14.9 Å². The summed E-state index contributed by atoms with van der Waals surface area (Å²) in [5.41, 5.74) is 3.25. The highest BCUT2D eigenvalue weighted by atomic mass is 16.6. The van der Waals surface area contributed by atoms with Crippen LogP contribution in [0.4, 0.5) is 11.5 Å². The Morgan fingerprint density at radius 3 is 2.62 bits per heavy atom. The van der Waals surface area contributed by atoms with E-state index in [0.29, 0.717) is 23.6 Å². The molecule has 0 saturated heterocycles. The lowest BCUT2D eigenvalue weighted by atomic mass is 9.90. The van der Waals surface area contributed by atoms with Crippen LogP contribution in [0, 0.1) is 22.5 Å². The van der Waals surface area contributed by atoms with Crippen LogP contribution < -0.4 is 10.8 Å². The van der Waals surface area contributed by atoms with Crippen molar-refractivity contribution in [1.82, 2.24) is 14.9 Å². The highest BCUT2D eigenvalue weighted by Crippen LogP contribution is 2.30. The van der Waals surface area contributed by atoms with Crippen LogP contribution in [0.25, 0.3) is 5.65 Å². The topological polar surface area (TPSA) is 122 Å². The number of fused-ring (bicyclic) bond motifs is 1. The van der Waals surface area contributed by atoms with Crippen molar-refractivity contribution < 1.29 is 14.9 Å². The van der Waals surface area contributed by atoms with Crippen molar-refractivity contribution in [1.29, 1.82) is 0 Å². The molecule has 9 heteroatoms. The summed E-state index contributed by atoms with van der Waals surface area (Å²) in [4.78, 5) is 26.5. The van der Waals surface area contributed by atoms with Gasteiger partial charge in [0.05, 0.1) is 22.9 Å². The minimum absolute atomic E-state index is 0.00899. The first-order valence-electron chi connectivity index (χ1n) is 7.46. The zero-order valence-electron chi connectivity index (χ0n) is 14.1. The lowest BCUT2D eigenvalue weighted by molar-refractivity contribution is -0.385. The summed E-state index contributed by atoms with van der Waals surface area (Å²) in [6, 6.07) is 3.00. The Morgan fingerprint density at radius 1 is 1.42 bits per heavy atom. The Morgan fingerprint density at radius 2 is 2.08 bits per heavy atom. The van der Waals surface area contributed by atoms with Crippen molar-refractivity contribution in [3.63, 3.8) is 0 Å². The predicted octanol–water partition coefficient (Wildman–Crippen LogP) is 2.06. The first-order valence-corrected chi connectivity index (χ1v) is 7.46. The van der Waals surface area contributed by atoms with Crippen LogP contribution in [-0.2, 0) is 11.2 Å². The SMILES string of the molecule is Cc1c([N+](=O)[O-])ccc2nc(NCC(=O)NO)c(CC(C)(C)C)n12. The summed E-state index contributed by atoms with van der Waals surface area (Å²) < 4.78 is 1.74. The molecule has 2 heterocycles. The molecule has 130 valence electrons. The summed E-state index contributed by atoms with van der Waals surface area (Å²) in [6.45, 7) is 7.65. The van der Waals surface area contributed by atoms with Gasteiger partial charge in [-0.15, -0.1) is 0 Å². The van der Waals surface area contributed by atoms with Crippen molar-refractivity contribution in [2.75, 3.05) is 11.9 Å². The third-order valence-corrected chi connectivity index (χ3v) is 3.53. The lowest BCUT2D eigenvalue weighted by Crippen LogP contribution is -2.27. The van der Waals surface area contributed by atoms with Gasteiger partial charge in [0.1, 0.15) is 11.5 Å². The Kier molecular flexibility index (Phi) is 4.74. The summed E-state index contributed by atoms with van der Waals surface area (Å²) in [5, 5.41) is 22.7. The molecule has 0 aliphatic rings. The number of hydrogen-bond acceptors (Lipinski definition) is 6. The van der Waals surface area contributed by atoms with E-state index in [1.807, 2.05) is 20.8 Å². The molecular formula is C15H21N5O4. The minimum atomic E-state index is -0.600. The van der Waals surface area contributed by atoms with Gasteiger partial charge in [0, 0.05) is 6.07 Å². The van der Waals surface area contributed by atoms with Crippen molar-refractivity contribution in [3.8, 4) is 0 Å². The third kappa shape index (κ3) is 3.62. The second kappa shape index (κ2) is 6.44. The summed E-state index contributed by atoms with van der Waals surface area (Å²) in [6.07, 6.45) is 0.596. The molecule has 0 bridgehead atoms. The molecule has 9 nitrogen and oxygen atoms in total. The number of nitrogens with one attached hydrogen (secondary N) is 2. The molecule has 24 heavy (non-hydrogen) atoms. The molecule has 3 N–H and O–H groups in total. The average molecular weight is 335 g/mol. The fourth-order valence-electron chi connectivity index (χ4n) is 2.55. The van der Waals surface area contributed by atoms with Gasteiger partial charge in [-0.05, 0) is 24.8 Å². The van der Waals surface area contributed by atoms with Gasteiger partial charge in [-0.2, -0.15) is 0 Å². The normalized spacial score (nSPS) is 11.5. The van der Waals surface area contributed by atoms with E-state index < -0.39 is 10.8 Å². The molecule has 0 aliphatic carbocycles. The Bertz CT molecular complexity index is 791. The molecule has 2 aromatic heterocycles. The summed E-state index contributed by atoms with van der Waals surface area (Å²) >= 11 is 0. The van der Waals surface area contributed by atoms with Crippen molar-refractivity contribution in [2.45, 2.75) is 34.1 Å². The van der Waals surface area contributed by atoms with Crippen LogP contribution in [0.1, 0.15) is 32.2 Å². The number of nitro groups is 1. The van der Waals surface area contributed by atoms with Crippen LogP contribution in [0.2, 0.25) is 0 Å². The second-order valence-electron chi connectivity index (χ2n) is 6.79. The van der Waals surface area contributed by atoms with E-state index in [-0.39, 0.29) is 17.6 Å². The number of carbonyl (C=O) groups is 1. The quantitative estimate of drug-likeness (QED) is 0.437. The molecule has 2 aromatic rings. The first-order chi connectivity index (χ1) is 11.1. The maximum absolute atomic E-state index is 11.3. The van der Waals surface area contributed by atoms with Gasteiger partial charge in [-0.3, -0.25) is 24.5 Å². The Labute approximate surface area is 138 Å². The number of anilines is 1. The monoisotopic (exact) mass is 335 g/mol. The van der Waals surface area contributed by atoms with Gasteiger partial charge in [-0.1, -0.05) is 20.8 Å². The third-order valence-electron chi connectivity index (χ3n) is 3.53. The molecule has 0 radical (unpaired) electrons. The van der Waals surface area contributed by atoms with Crippen LogP contribution in [0.5, 0.6) is 0 Å². The molecule has 0 spiro atoms. The van der Waals surface area contributed by atoms with Gasteiger partial charge >= 0.3 is 0 Å². The summed E-state index contributed by atoms with van der Waals surface area (Å²) in [5.74, 6) is -0.131. The van der Waals surface area contributed by atoms with E-state index in [1.54, 1.807) is 22.9 Å². The van der Waals surface area contributed by atoms with Crippen molar-refractivity contribution >= 4 is 23.1 Å². The molecule has 0 fully saturated rings. The first kappa shape index (κ1) is 17.7. The number of amides is 1. The number of aryl methyl sites for hydroxylation is 1. The van der Waals surface area contributed by atoms with Crippen molar-refractivity contribution in [2.24, 2.45) is 5.41 Å². The number of carbonyl (C=O) groups excluding carboxylic acids is 1. The molecule has 0 aliphatic heterocycles. The van der Waals surface area contributed by atoms with E-state index in [2.05, 4.69) is 10.3 Å². The fraction of sp³-hybridized carbons (Fsp3) is 0.467. The average Bonchev–Trinajstić information content (AvgIpc) is 2.81. The van der Waals surface area contributed by atoms with Crippen LogP contribution in [0.3, 0.4) is 0 Å². The maximum atomic E-state index is 11.3. The predicted molar refractivity (Wildman–Crippen MR) is 88.2 cm³/mol. The number of hydroxylamine groups is 1. The number of rotatable bonds is 5. The van der Waals surface area contributed by atoms with E-state index in [4.69, 9.17) is 5.21 Å². The fourth-order valence-corrected chi connectivity index (χ4v) is 2.55. The van der Waals surface area contributed by atoms with Crippen LogP contribution in [-0.4, -0.2) is 32.0 Å². The second-order valence-corrected chi connectivity index (χ2v) is 6.79. The molecule has 0 aromatic carbocycles. The highest BCUT2D eigenvalue weighted by Gasteiger charge is 2.23. The van der Waals surface area contributed by atoms with E-state index in [1.165, 1.54) is 6.07 Å². The molecule has 1 amide bonds. The molecule has 2 rings (SSSR count). The van der Waals surface area contributed by atoms with Crippen molar-refractivity contribution in [3.05, 3.63) is 33.6 Å². The number of hydrogen-bond donors (Lipinski definition) is 3. The Hall–Kier alpha value is -2.68. The summed E-state index contributed by atoms with van der Waals surface area (Å²) in [7, 11) is 0. The molecule has 0 saturated carbocycles. The maximum Gasteiger partial charge on any atom is 0.288 e. The van der Waals surface area contributed by atoms with Gasteiger partial charge in [0.2, 0.25) is 0 Å². The van der Waals surface area contributed by atoms with Gasteiger partial charge in [-0.25, -0.2) is 10.5 Å². The van der Waals surface area contributed by atoms with Crippen LogP contribution in [0.15, 0.2) is 12.1 Å².